The van der Waals surface area contributed by atoms with Crippen molar-refractivity contribution < 1.29 is 4.79 Å². The van der Waals surface area contributed by atoms with Crippen molar-refractivity contribution in [3.63, 3.8) is 0 Å². The average molecular weight is 248 g/mol. The first kappa shape index (κ1) is 12.9. The highest BCUT2D eigenvalue weighted by atomic mass is 16.2. The molecule has 2 rings (SSSR count). The Hall–Kier alpha value is -1.58. The second-order valence-electron chi connectivity index (χ2n) is 5.25. The molecule has 1 amide bonds. The smallest absolute Gasteiger partial charge is 0.260 e. The van der Waals surface area contributed by atoms with Gasteiger partial charge in [-0.25, -0.2) is 0 Å². The molecule has 2 atom stereocenters. The highest BCUT2D eigenvalue weighted by Gasteiger charge is 2.26. The number of rotatable bonds is 2. The lowest BCUT2D eigenvalue weighted by Crippen LogP contribution is -2.41. The maximum Gasteiger partial charge on any atom is 0.260 e. The third-order valence-corrected chi connectivity index (χ3v) is 3.83. The summed E-state index contributed by atoms with van der Waals surface area (Å²) in [5.41, 5.74) is -0.0727. The van der Waals surface area contributed by atoms with Crippen LogP contribution in [0.1, 0.15) is 43.0 Å². The standard InChI is InChI=1S/C14H20N2O2/c1-10-5-3-6-11(9-10)16(2)14(18)12-7-4-8-15-13(12)17/h4,7-8,10-11H,3,5-6,9H2,1-2H3,(H,15,17). The molecule has 18 heavy (non-hydrogen) atoms. The highest BCUT2D eigenvalue weighted by Crippen LogP contribution is 2.27. The van der Waals surface area contributed by atoms with Crippen LogP contribution in [0.3, 0.4) is 0 Å². The van der Waals surface area contributed by atoms with Gasteiger partial charge in [0.2, 0.25) is 0 Å². The van der Waals surface area contributed by atoms with E-state index in [1.165, 1.54) is 6.42 Å². The number of hydrogen-bond donors (Lipinski definition) is 1. The van der Waals surface area contributed by atoms with Crippen LogP contribution in [0.4, 0.5) is 0 Å². The van der Waals surface area contributed by atoms with Crippen molar-refractivity contribution in [2.24, 2.45) is 5.92 Å². The second-order valence-corrected chi connectivity index (χ2v) is 5.25. The fourth-order valence-electron chi connectivity index (χ4n) is 2.70. The summed E-state index contributed by atoms with van der Waals surface area (Å²) in [6, 6.07) is 3.54. The first-order valence-electron chi connectivity index (χ1n) is 6.54. The van der Waals surface area contributed by atoms with Crippen LogP contribution < -0.4 is 5.56 Å². The number of carbonyl (C=O) groups is 1. The molecule has 4 heteroatoms. The van der Waals surface area contributed by atoms with E-state index in [1.54, 1.807) is 30.3 Å². The lowest BCUT2D eigenvalue weighted by molar-refractivity contribution is 0.0670. The van der Waals surface area contributed by atoms with E-state index < -0.39 is 0 Å². The van der Waals surface area contributed by atoms with Gasteiger partial charge in [0.1, 0.15) is 5.56 Å². The van der Waals surface area contributed by atoms with Crippen LogP contribution in [0.2, 0.25) is 0 Å². The average Bonchev–Trinajstić information content (AvgIpc) is 2.37. The Morgan fingerprint density at radius 2 is 2.22 bits per heavy atom. The lowest BCUT2D eigenvalue weighted by atomic mass is 9.86. The van der Waals surface area contributed by atoms with Gasteiger partial charge in [0.05, 0.1) is 0 Å². The molecule has 0 radical (unpaired) electrons. The van der Waals surface area contributed by atoms with Gasteiger partial charge in [-0.1, -0.05) is 19.8 Å². The summed E-state index contributed by atoms with van der Waals surface area (Å²) in [6.07, 6.45) is 6.02. The Bertz CT molecular complexity index is 481. The van der Waals surface area contributed by atoms with E-state index >= 15 is 0 Å². The Balaban J connectivity index is 2.14. The summed E-state index contributed by atoms with van der Waals surface area (Å²) in [6.45, 7) is 2.22. The molecule has 1 N–H and O–H groups in total. The molecule has 2 unspecified atom stereocenters. The predicted octanol–water partition coefficient (Wildman–Crippen LogP) is 2.03. The molecule has 1 aromatic rings. The number of nitrogens with zero attached hydrogens (tertiary/aromatic N) is 1. The molecule has 1 fully saturated rings. The van der Waals surface area contributed by atoms with E-state index in [-0.39, 0.29) is 23.1 Å². The number of nitrogens with one attached hydrogen (secondary N) is 1. The van der Waals surface area contributed by atoms with Gasteiger partial charge in [0.25, 0.3) is 11.5 Å². The lowest BCUT2D eigenvalue weighted by Gasteiger charge is -2.34. The van der Waals surface area contributed by atoms with Gasteiger partial charge in [-0.05, 0) is 30.9 Å². The molecule has 0 bridgehead atoms. The van der Waals surface area contributed by atoms with Crippen molar-refractivity contribution in [1.82, 2.24) is 9.88 Å². The van der Waals surface area contributed by atoms with Crippen LogP contribution in [-0.2, 0) is 0 Å². The minimum Gasteiger partial charge on any atom is -0.339 e. The minimum atomic E-state index is -0.307. The van der Waals surface area contributed by atoms with Gasteiger partial charge < -0.3 is 9.88 Å². The van der Waals surface area contributed by atoms with Gasteiger partial charge in [-0.15, -0.1) is 0 Å². The van der Waals surface area contributed by atoms with E-state index in [0.29, 0.717) is 5.92 Å². The number of aromatic amines is 1. The molecule has 1 aliphatic rings. The molecule has 0 aliphatic heterocycles. The molecule has 1 aromatic heterocycles. The maximum absolute atomic E-state index is 12.3. The van der Waals surface area contributed by atoms with Crippen molar-refractivity contribution in [3.8, 4) is 0 Å². The zero-order valence-corrected chi connectivity index (χ0v) is 11.0. The van der Waals surface area contributed by atoms with Crippen molar-refractivity contribution in [2.45, 2.75) is 38.6 Å². The molecule has 1 aliphatic carbocycles. The third-order valence-electron chi connectivity index (χ3n) is 3.83. The fourth-order valence-corrected chi connectivity index (χ4v) is 2.70. The molecule has 4 nitrogen and oxygen atoms in total. The van der Waals surface area contributed by atoms with Gasteiger partial charge in [0.15, 0.2) is 0 Å². The summed E-state index contributed by atoms with van der Waals surface area (Å²) >= 11 is 0. The van der Waals surface area contributed by atoms with Crippen molar-refractivity contribution in [2.75, 3.05) is 7.05 Å². The number of pyridine rings is 1. The number of hydrogen-bond acceptors (Lipinski definition) is 2. The van der Waals surface area contributed by atoms with Crippen LogP contribution in [0, 0.1) is 5.92 Å². The van der Waals surface area contributed by atoms with Crippen LogP contribution >= 0.6 is 0 Å². The summed E-state index contributed by atoms with van der Waals surface area (Å²) < 4.78 is 0. The molecule has 1 saturated carbocycles. The van der Waals surface area contributed by atoms with Crippen LogP contribution in [-0.4, -0.2) is 28.9 Å². The van der Waals surface area contributed by atoms with Crippen LogP contribution in [0.25, 0.3) is 0 Å². The quantitative estimate of drug-likeness (QED) is 0.870. The molecule has 0 spiro atoms. The van der Waals surface area contributed by atoms with Gasteiger partial charge in [-0.3, -0.25) is 9.59 Å². The van der Waals surface area contributed by atoms with E-state index in [4.69, 9.17) is 0 Å². The number of carbonyl (C=O) groups excluding carboxylic acids is 1. The zero-order chi connectivity index (χ0) is 13.1. The monoisotopic (exact) mass is 248 g/mol. The van der Waals surface area contributed by atoms with Crippen molar-refractivity contribution >= 4 is 5.91 Å². The maximum atomic E-state index is 12.3. The summed E-state index contributed by atoms with van der Waals surface area (Å²) in [5.74, 6) is 0.490. The van der Waals surface area contributed by atoms with Gasteiger partial charge in [-0.2, -0.15) is 0 Å². The first-order valence-corrected chi connectivity index (χ1v) is 6.54. The van der Waals surface area contributed by atoms with Crippen LogP contribution in [0.5, 0.6) is 0 Å². The van der Waals surface area contributed by atoms with Crippen molar-refractivity contribution in [3.05, 3.63) is 34.2 Å². The molecule has 0 saturated heterocycles. The summed E-state index contributed by atoms with van der Waals surface area (Å²) in [5, 5.41) is 0. The highest BCUT2D eigenvalue weighted by molar-refractivity contribution is 5.93. The second kappa shape index (κ2) is 5.38. The Morgan fingerprint density at radius 3 is 2.89 bits per heavy atom. The molecule has 98 valence electrons. The first-order chi connectivity index (χ1) is 8.59. The third kappa shape index (κ3) is 2.63. The topological polar surface area (TPSA) is 53.2 Å². The normalized spacial score (nSPS) is 23.7. The SMILES string of the molecule is CC1CCCC(N(C)C(=O)c2ccc[nH]c2=O)C1. The van der Waals surface area contributed by atoms with Crippen molar-refractivity contribution in [1.29, 1.82) is 0 Å². The largest absolute Gasteiger partial charge is 0.339 e. The Labute approximate surface area is 107 Å². The van der Waals surface area contributed by atoms with E-state index in [9.17, 15) is 9.59 Å². The van der Waals surface area contributed by atoms with E-state index in [1.807, 2.05) is 0 Å². The predicted molar refractivity (Wildman–Crippen MR) is 70.6 cm³/mol. The van der Waals surface area contributed by atoms with E-state index in [2.05, 4.69) is 11.9 Å². The Morgan fingerprint density at radius 1 is 1.44 bits per heavy atom. The minimum absolute atomic E-state index is 0.170. The molecule has 0 aromatic carbocycles. The summed E-state index contributed by atoms with van der Waals surface area (Å²) in [7, 11) is 1.80. The number of aromatic nitrogens is 1. The number of amides is 1. The molecule has 1 heterocycles. The number of H-pyrrole nitrogens is 1. The van der Waals surface area contributed by atoms with E-state index in [0.717, 1.165) is 19.3 Å². The summed E-state index contributed by atoms with van der Waals surface area (Å²) in [4.78, 5) is 28.2. The van der Waals surface area contributed by atoms with Gasteiger partial charge in [0, 0.05) is 19.3 Å². The van der Waals surface area contributed by atoms with Crippen LogP contribution in [0.15, 0.2) is 23.1 Å². The molecular weight excluding hydrogens is 228 g/mol. The van der Waals surface area contributed by atoms with Gasteiger partial charge >= 0.3 is 0 Å². The Kier molecular flexibility index (Phi) is 3.84. The fraction of sp³-hybridized carbons (Fsp3) is 0.571. The zero-order valence-electron chi connectivity index (χ0n) is 11.0. The molecular formula is C14H20N2O2.